The van der Waals surface area contributed by atoms with Crippen LogP contribution in [0.25, 0.3) is 22.3 Å². The zero-order valence-corrected chi connectivity index (χ0v) is 30.4. The first kappa shape index (κ1) is 41.7. The summed E-state index contributed by atoms with van der Waals surface area (Å²) in [4.78, 5) is 22.4. The van der Waals surface area contributed by atoms with Gasteiger partial charge in [0.15, 0.2) is 41.4 Å². The fraction of sp³-hybridized carbons (Fsp3) is 0.278. The molecule has 4 aromatic rings. The molecule has 1 N–H and O–H groups in total. The van der Waals surface area contributed by atoms with Crippen LogP contribution in [-0.2, 0) is 29.2 Å². The van der Waals surface area contributed by atoms with Crippen LogP contribution in [0.15, 0.2) is 76.5 Å². The summed E-state index contributed by atoms with van der Waals surface area (Å²) >= 11 is 4.70. The summed E-state index contributed by atoms with van der Waals surface area (Å²) in [7, 11) is -5.52. The molecule has 0 aromatic heterocycles. The summed E-state index contributed by atoms with van der Waals surface area (Å²) in [6.07, 6.45) is 0. The van der Waals surface area contributed by atoms with E-state index < -0.39 is 67.2 Å². The van der Waals surface area contributed by atoms with Crippen molar-refractivity contribution in [2.45, 2.75) is 62.5 Å². The number of halogens is 5. The number of carbonyl (C=O) groups excluding carboxylic acids is 2. The minimum Gasteiger partial charge on any atom is -0.482 e. The molecule has 280 valence electrons. The lowest BCUT2D eigenvalue weighted by atomic mass is 9.94. The number of hydrogen-bond acceptors (Lipinski definition) is 9. The lowest BCUT2D eigenvalue weighted by Crippen LogP contribution is -2.27. The fourth-order valence-electron chi connectivity index (χ4n) is 4.37. The highest BCUT2D eigenvalue weighted by atomic mass is 32.2. The van der Waals surface area contributed by atoms with Crippen LogP contribution in [0.2, 0.25) is 0 Å². The van der Waals surface area contributed by atoms with E-state index in [0.717, 1.165) is 27.1 Å². The SMILES string of the molecule is CC(C)(C)OC(=O)COc1ccc(-c2cccc(S)c2-c2ccc(OCC(=O)OC(C)(C)C)cc2)cc1.O=S(=O)(O)c1c(F)c(F)c(F)c(F)c1F. The summed E-state index contributed by atoms with van der Waals surface area (Å²) in [6, 6.07) is 20.9. The maximum absolute atomic E-state index is 12.6. The first-order valence-electron chi connectivity index (χ1n) is 15.2. The predicted octanol–water partition coefficient (Wildman–Crippen LogP) is 8.38. The molecule has 0 amide bonds. The average molecular weight is 771 g/mol. The maximum atomic E-state index is 12.6. The molecule has 0 bridgehead atoms. The van der Waals surface area contributed by atoms with Crippen LogP contribution in [0.3, 0.4) is 0 Å². The van der Waals surface area contributed by atoms with Crippen molar-refractivity contribution in [3.8, 4) is 33.8 Å². The Hall–Kier alpha value is -4.67. The highest BCUT2D eigenvalue weighted by Crippen LogP contribution is 2.38. The van der Waals surface area contributed by atoms with Crippen LogP contribution in [-0.4, -0.2) is 49.3 Å². The van der Waals surface area contributed by atoms with Crippen LogP contribution in [0.4, 0.5) is 22.0 Å². The molecule has 0 aliphatic rings. The molecule has 0 aliphatic carbocycles. The fourth-order valence-corrected chi connectivity index (χ4v) is 5.34. The lowest BCUT2D eigenvalue weighted by Gasteiger charge is -2.19. The smallest absolute Gasteiger partial charge is 0.344 e. The summed E-state index contributed by atoms with van der Waals surface area (Å²) < 4.78 is 113. The van der Waals surface area contributed by atoms with Crippen molar-refractivity contribution >= 4 is 34.7 Å². The Morgan fingerprint density at radius 1 is 0.635 bits per heavy atom. The van der Waals surface area contributed by atoms with E-state index in [1.807, 2.05) is 108 Å². The Bertz CT molecular complexity index is 1990. The number of benzene rings is 4. The third kappa shape index (κ3) is 11.7. The van der Waals surface area contributed by atoms with E-state index in [0.29, 0.717) is 11.5 Å². The van der Waals surface area contributed by atoms with E-state index in [9.17, 15) is 40.0 Å². The minimum absolute atomic E-state index is 0.156. The second-order valence-electron chi connectivity index (χ2n) is 12.9. The molecule has 4 rings (SSSR count). The second-order valence-corrected chi connectivity index (χ2v) is 14.7. The van der Waals surface area contributed by atoms with Crippen LogP contribution in [0.1, 0.15) is 41.5 Å². The molecule has 0 saturated carbocycles. The molecule has 0 saturated heterocycles. The third-order valence-corrected chi connectivity index (χ3v) is 7.58. The molecule has 0 fully saturated rings. The Morgan fingerprint density at radius 2 is 1.02 bits per heavy atom. The first-order valence-corrected chi connectivity index (χ1v) is 17.1. The van der Waals surface area contributed by atoms with Gasteiger partial charge in [0.05, 0.1) is 0 Å². The van der Waals surface area contributed by atoms with E-state index in [4.69, 9.17) is 36.1 Å². The number of carbonyl (C=O) groups is 2. The molecule has 4 aromatic carbocycles. The number of ether oxygens (including phenoxy) is 4. The average Bonchev–Trinajstić information content (AvgIpc) is 3.03. The standard InChI is InChI=1S/C30H34O6S.C6HF5O3S/c1-29(2,3)35-26(31)18-33-22-14-10-20(11-15-22)24-8-7-9-25(37)28(24)21-12-16-23(17-13-21)34-19-27(32)36-30(4,5)6;7-1-2(8)4(10)6(15(12,13)14)5(11)3(1)9/h7-17,37H,18-19H2,1-6H3;(H,12,13,14). The van der Waals surface area contributed by atoms with Gasteiger partial charge in [-0.25, -0.2) is 31.5 Å². The molecule has 0 aliphatic heterocycles. The minimum atomic E-state index is -5.52. The van der Waals surface area contributed by atoms with Crippen molar-refractivity contribution in [2.75, 3.05) is 13.2 Å². The van der Waals surface area contributed by atoms with E-state index in [1.54, 1.807) is 0 Å². The lowest BCUT2D eigenvalue weighted by molar-refractivity contribution is -0.158. The third-order valence-electron chi connectivity index (χ3n) is 6.33. The number of esters is 2. The Morgan fingerprint density at radius 3 is 1.40 bits per heavy atom. The first-order chi connectivity index (χ1) is 24.0. The largest absolute Gasteiger partial charge is 0.482 e. The highest BCUT2D eigenvalue weighted by molar-refractivity contribution is 7.85. The molecule has 0 radical (unpaired) electrons. The van der Waals surface area contributed by atoms with Gasteiger partial charge < -0.3 is 18.9 Å². The molecular weight excluding hydrogens is 736 g/mol. The van der Waals surface area contributed by atoms with Crippen LogP contribution < -0.4 is 9.47 Å². The molecule has 0 atom stereocenters. The van der Waals surface area contributed by atoms with Gasteiger partial charge in [-0.3, -0.25) is 4.55 Å². The zero-order valence-electron chi connectivity index (χ0n) is 28.7. The topological polar surface area (TPSA) is 125 Å². The van der Waals surface area contributed by atoms with E-state index >= 15 is 0 Å². The summed E-state index contributed by atoms with van der Waals surface area (Å²) in [6.45, 7) is 10.6. The predicted molar refractivity (Wildman–Crippen MR) is 183 cm³/mol. The van der Waals surface area contributed by atoms with Crippen LogP contribution in [0, 0.1) is 29.1 Å². The molecule has 52 heavy (non-hydrogen) atoms. The maximum Gasteiger partial charge on any atom is 0.344 e. The molecule has 9 nitrogen and oxygen atoms in total. The summed E-state index contributed by atoms with van der Waals surface area (Å²) in [5.74, 6) is -12.3. The van der Waals surface area contributed by atoms with Crippen molar-refractivity contribution < 1.29 is 63.5 Å². The molecular formula is C36H35F5O9S2. The van der Waals surface area contributed by atoms with Gasteiger partial charge in [0, 0.05) is 10.5 Å². The van der Waals surface area contributed by atoms with E-state index in [-0.39, 0.29) is 13.2 Å². The van der Waals surface area contributed by atoms with Gasteiger partial charge in [-0.2, -0.15) is 8.42 Å². The zero-order chi connectivity index (χ0) is 39.2. The van der Waals surface area contributed by atoms with Gasteiger partial charge in [-0.1, -0.05) is 36.4 Å². The van der Waals surface area contributed by atoms with Gasteiger partial charge in [-0.15, -0.1) is 12.6 Å². The van der Waals surface area contributed by atoms with Gasteiger partial charge in [0.2, 0.25) is 5.82 Å². The van der Waals surface area contributed by atoms with Crippen molar-refractivity contribution in [1.82, 2.24) is 0 Å². The Kier molecular flexibility index (Phi) is 13.5. The van der Waals surface area contributed by atoms with Crippen molar-refractivity contribution in [3.63, 3.8) is 0 Å². The molecule has 0 heterocycles. The molecule has 0 spiro atoms. The molecule has 0 unspecified atom stereocenters. The molecule has 16 heteroatoms. The number of hydrogen-bond donors (Lipinski definition) is 2. The van der Waals surface area contributed by atoms with Crippen molar-refractivity contribution in [1.29, 1.82) is 0 Å². The van der Waals surface area contributed by atoms with Crippen molar-refractivity contribution in [3.05, 3.63) is 95.8 Å². The monoisotopic (exact) mass is 770 g/mol. The van der Waals surface area contributed by atoms with E-state index in [1.165, 1.54) is 0 Å². The van der Waals surface area contributed by atoms with Gasteiger partial charge in [0.25, 0.3) is 0 Å². The van der Waals surface area contributed by atoms with Gasteiger partial charge >= 0.3 is 22.1 Å². The number of thiol groups is 1. The normalized spacial score (nSPS) is 11.6. The van der Waals surface area contributed by atoms with Crippen molar-refractivity contribution in [2.24, 2.45) is 0 Å². The quantitative estimate of drug-likeness (QED) is 0.0431. The second kappa shape index (κ2) is 16.8. The number of rotatable bonds is 9. The highest BCUT2D eigenvalue weighted by Gasteiger charge is 2.32. The van der Waals surface area contributed by atoms with Gasteiger partial charge in [-0.05, 0) is 88.6 Å². The summed E-state index contributed by atoms with van der Waals surface area (Å²) in [5, 5.41) is 0. The van der Waals surface area contributed by atoms with Crippen LogP contribution >= 0.6 is 12.6 Å². The van der Waals surface area contributed by atoms with Gasteiger partial charge in [0.1, 0.15) is 22.7 Å². The Labute approximate surface area is 302 Å². The Balaban J connectivity index is 0.000000406. The van der Waals surface area contributed by atoms with Crippen LogP contribution in [0.5, 0.6) is 11.5 Å². The van der Waals surface area contributed by atoms with E-state index in [2.05, 4.69) is 0 Å². The summed E-state index contributed by atoms with van der Waals surface area (Å²) in [5.41, 5.74) is 2.78.